The fraction of sp³-hybridized carbons (Fsp3) is 0.579. The minimum Gasteiger partial charge on any atom is -0.356 e. The molecule has 0 amide bonds. The quantitative estimate of drug-likeness (QED) is 0.748. The smallest absolute Gasteiger partial charge is 0.208 e. The van der Waals surface area contributed by atoms with Crippen molar-refractivity contribution in [2.24, 2.45) is 10.8 Å². The Morgan fingerprint density at radius 2 is 1.93 bits per heavy atom. The Balaban J connectivity index is 1.41. The van der Waals surface area contributed by atoms with Gasteiger partial charge < -0.3 is 14.8 Å². The summed E-state index contributed by atoms with van der Waals surface area (Å²) < 4.78 is 0. The summed E-state index contributed by atoms with van der Waals surface area (Å²) in [4.78, 5) is 16.9. The standard InChI is InChI=1S/C19H25N7S/c1-12-23-24-17(27-12)26-9-18(2)7-13(8-19(18,3)10-26)25(4)16-14-5-6-20-15(14)21-11-22-16/h5-6,11,13H,7-10H2,1-4H3,(H,20,21,22)/t13-,18+,19-. The summed E-state index contributed by atoms with van der Waals surface area (Å²) in [5.74, 6) is 1.02. The molecule has 0 unspecified atom stereocenters. The monoisotopic (exact) mass is 383 g/mol. The van der Waals surface area contributed by atoms with E-state index in [-0.39, 0.29) is 10.8 Å². The minimum absolute atomic E-state index is 0.260. The molecular formula is C19H25N7S. The van der Waals surface area contributed by atoms with Crippen LogP contribution in [0.15, 0.2) is 18.6 Å². The number of nitrogens with one attached hydrogen (secondary N) is 1. The first-order valence-electron chi connectivity index (χ1n) is 9.45. The van der Waals surface area contributed by atoms with Gasteiger partial charge in [-0.15, -0.1) is 10.2 Å². The number of aromatic amines is 1. The Hall–Kier alpha value is -2.22. The number of nitrogens with zero attached hydrogens (tertiary/aromatic N) is 6. The third kappa shape index (κ3) is 2.46. The fourth-order valence-corrected chi connectivity index (χ4v) is 5.84. The van der Waals surface area contributed by atoms with Gasteiger partial charge in [0.05, 0.1) is 5.39 Å². The van der Waals surface area contributed by atoms with Crippen molar-refractivity contribution in [1.29, 1.82) is 0 Å². The number of hydrogen-bond donors (Lipinski definition) is 1. The van der Waals surface area contributed by atoms with Crippen molar-refractivity contribution in [3.63, 3.8) is 0 Å². The lowest BCUT2D eigenvalue weighted by atomic mass is 9.71. The molecule has 8 heteroatoms. The van der Waals surface area contributed by atoms with E-state index in [2.05, 4.69) is 61.9 Å². The largest absolute Gasteiger partial charge is 0.356 e. The van der Waals surface area contributed by atoms with Crippen molar-refractivity contribution in [3.8, 4) is 0 Å². The van der Waals surface area contributed by atoms with Crippen LogP contribution in [0.5, 0.6) is 0 Å². The number of aryl methyl sites for hydroxylation is 1. The molecule has 0 radical (unpaired) electrons. The molecule has 3 atom stereocenters. The summed E-state index contributed by atoms with van der Waals surface area (Å²) in [6.07, 6.45) is 5.91. The van der Waals surface area contributed by atoms with E-state index >= 15 is 0 Å². The van der Waals surface area contributed by atoms with Crippen molar-refractivity contribution < 1.29 is 0 Å². The molecule has 27 heavy (non-hydrogen) atoms. The lowest BCUT2D eigenvalue weighted by Crippen LogP contribution is -2.34. The predicted octanol–water partition coefficient (Wildman–Crippen LogP) is 3.25. The molecule has 1 aliphatic heterocycles. The molecule has 2 fully saturated rings. The molecule has 2 aliphatic rings. The Labute approximate surface area is 162 Å². The first-order valence-corrected chi connectivity index (χ1v) is 10.3. The lowest BCUT2D eigenvalue weighted by Gasteiger charge is -2.31. The average Bonchev–Trinajstić information content (AvgIpc) is 3.35. The number of hydrogen-bond acceptors (Lipinski definition) is 7. The van der Waals surface area contributed by atoms with E-state index in [1.54, 1.807) is 17.7 Å². The average molecular weight is 384 g/mol. The molecule has 3 aromatic rings. The number of anilines is 2. The number of H-pyrrole nitrogens is 1. The highest BCUT2D eigenvalue weighted by Gasteiger charge is 2.59. The highest BCUT2D eigenvalue weighted by molar-refractivity contribution is 7.15. The van der Waals surface area contributed by atoms with Crippen LogP contribution >= 0.6 is 11.3 Å². The van der Waals surface area contributed by atoms with Crippen LogP contribution in [0.25, 0.3) is 11.0 Å². The molecule has 142 valence electrons. The van der Waals surface area contributed by atoms with E-state index in [9.17, 15) is 0 Å². The van der Waals surface area contributed by atoms with Crippen LogP contribution in [0.4, 0.5) is 10.9 Å². The van der Waals surface area contributed by atoms with Crippen LogP contribution in [-0.2, 0) is 0 Å². The summed E-state index contributed by atoms with van der Waals surface area (Å²) in [6, 6.07) is 2.55. The van der Waals surface area contributed by atoms with E-state index in [1.807, 2.05) is 13.1 Å². The van der Waals surface area contributed by atoms with E-state index in [1.165, 1.54) is 0 Å². The topological polar surface area (TPSA) is 73.8 Å². The predicted molar refractivity (Wildman–Crippen MR) is 108 cm³/mol. The van der Waals surface area contributed by atoms with Gasteiger partial charge in [0.25, 0.3) is 0 Å². The molecular weight excluding hydrogens is 358 g/mol. The van der Waals surface area contributed by atoms with Crippen molar-refractivity contribution in [1.82, 2.24) is 25.1 Å². The second-order valence-electron chi connectivity index (χ2n) is 8.69. The molecule has 0 spiro atoms. The maximum absolute atomic E-state index is 4.60. The molecule has 0 bridgehead atoms. The summed E-state index contributed by atoms with van der Waals surface area (Å²) in [7, 11) is 2.18. The van der Waals surface area contributed by atoms with Crippen LogP contribution in [0.2, 0.25) is 0 Å². The number of aromatic nitrogens is 5. The van der Waals surface area contributed by atoms with Crippen molar-refractivity contribution in [2.45, 2.75) is 39.7 Å². The van der Waals surface area contributed by atoms with Crippen LogP contribution in [-0.4, -0.2) is 51.3 Å². The molecule has 3 aromatic heterocycles. The molecule has 1 saturated heterocycles. The van der Waals surface area contributed by atoms with Crippen molar-refractivity contribution in [2.75, 3.05) is 29.9 Å². The molecule has 1 saturated carbocycles. The van der Waals surface area contributed by atoms with Gasteiger partial charge in [0.1, 0.15) is 22.8 Å². The van der Waals surface area contributed by atoms with Gasteiger partial charge in [0, 0.05) is 32.4 Å². The third-order valence-electron chi connectivity index (χ3n) is 6.91. The maximum Gasteiger partial charge on any atom is 0.208 e. The summed E-state index contributed by atoms with van der Waals surface area (Å²) >= 11 is 1.70. The Kier molecular flexibility index (Phi) is 3.53. The van der Waals surface area contributed by atoms with Gasteiger partial charge in [-0.2, -0.15) is 0 Å². The summed E-state index contributed by atoms with van der Waals surface area (Å²) in [5.41, 5.74) is 1.42. The first kappa shape index (κ1) is 16.9. The second kappa shape index (κ2) is 5.64. The fourth-order valence-electron chi connectivity index (χ4n) is 5.15. The highest BCUT2D eigenvalue weighted by atomic mass is 32.1. The van der Waals surface area contributed by atoms with Gasteiger partial charge in [0.15, 0.2) is 0 Å². The third-order valence-corrected chi connectivity index (χ3v) is 7.81. The molecule has 5 rings (SSSR count). The zero-order valence-corrected chi connectivity index (χ0v) is 17.0. The van der Waals surface area contributed by atoms with E-state index < -0.39 is 0 Å². The number of fused-ring (bicyclic) bond motifs is 2. The van der Waals surface area contributed by atoms with Gasteiger partial charge in [-0.25, -0.2) is 9.97 Å². The second-order valence-corrected chi connectivity index (χ2v) is 9.85. The van der Waals surface area contributed by atoms with Crippen LogP contribution < -0.4 is 9.80 Å². The molecule has 1 N–H and O–H groups in total. The van der Waals surface area contributed by atoms with Gasteiger partial charge in [-0.1, -0.05) is 25.2 Å². The molecule has 7 nitrogen and oxygen atoms in total. The van der Waals surface area contributed by atoms with Crippen LogP contribution in [0, 0.1) is 17.8 Å². The van der Waals surface area contributed by atoms with Gasteiger partial charge in [-0.3, -0.25) is 0 Å². The SMILES string of the molecule is Cc1nnc(N2C[C@]3(C)C[C@@H](N(C)c4ncnc5[nH]ccc45)C[C@]3(C)C2)s1. The van der Waals surface area contributed by atoms with Gasteiger partial charge in [0.2, 0.25) is 5.13 Å². The van der Waals surface area contributed by atoms with Crippen molar-refractivity contribution in [3.05, 3.63) is 23.6 Å². The highest BCUT2D eigenvalue weighted by Crippen LogP contribution is 2.59. The van der Waals surface area contributed by atoms with Crippen LogP contribution in [0.3, 0.4) is 0 Å². The van der Waals surface area contributed by atoms with E-state index in [0.717, 1.165) is 52.9 Å². The van der Waals surface area contributed by atoms with Crippen molar-refractivity contribution >= 4 is 33.3 Å². The zero-order chi connectivity index (χ0) is 18.8. The summed E-state index contributed by atoms with van der Waals surface area (Å²) in [5, 5.41) is 11.8. The van der Waals surface area contributed by atoms with Crippen LogP contribution in [0.1, 0.15) is 31.7 Å². The lowest BCUT2D eigenvalue weighted by molar-refractivity contribution is 0.184. The first-order chi connectivity index (χ1) is 12.9. The Morgan fingerprint density at radius 1 is 1.19 bits per heavy atom. The van der Waals surface area contributed by atoms with Gasteiger partial charge in [-0.05, 0) is 36.7 Å². The zero-order valence-electron chi connectivity index (χ0n) is 16.2. The Morgan fingerprint density at radius 3 is 2.59 bits per heavy atom. The minimum atomic E-state index is 0.260. The van der Waals surface area contributed by atoms with E-state index in [4.69, 9.17) is 0 Å². The molecule has 4 heterocycles. The number of rotatable bonds is 3. The maximum atomic E-state index is 4.60. The normalized spacial score (nSPS) is 30.2. The summed E-state index contributed by atoms with van der Waals surface area (Å²) in [6.45, 7) is 9.01. The Bertz CT molecular complexity index is 977. The molecule has 0 aromatic carbocycles. The van der Waals surface area contributed by atoms with E-state index in [0.29, 0.717) is 6.04 Å². The molecule has 1 aliphatic carbocycles. The van der Waals surface area contributed by atoms with Gasteiger partial charge >= 0.3 is 0 Å².